The normalized spacial score (nSPS) is 10.9. The number of carbonyl (C=O) groups is 1. The lowest BCUT2D eigenvalue weighted by molar-refractivity contribution is -0.116. The van der Waals surface area contributed by atoms with Gasteiger partial charge in [-0.3, -0.25) is 13.9 Å². The van der Waals surface area contributed by atoms with Crippen LogP contribution in [0.5, 0.6) is 0 Å². The first-order valence-electron chi connectivity index (χ1n) is 6.86. The molecule has 1 amide bonds. The van der Waals surface area contributed by atoms with E-state index in [0.717, 1.165) is 5.52 Å². The number of halogens is 2. The van der Waals surface area contributed by atoms with Gasteiger partial charge in [0.2, 0.25) is 5.91 Å². The predicted molar refractivity (Wildman–Crippen MR) is 92.3 cm³/mol. The second-order valence-electron chi connectivity index (χ2n) is 5.09. The average molecular weight is 350 g/mol. The van der Waals surface area contributed by atoms with Crippen molar-refractivity contribution in [3.8, 4) is 0 Å². The SMILES string of the molecule is Cn1c(=O)n(CC(=O)Nc2cc(Cl)ccc2Cl)c2ccccc21. The number of anilines is 1. The highest BCUT2D eigenvalue weighted by atomic mass is 35.5. The smallest absolute Gasteiger partial charge is 0.323 e. The Bertz CT molecular complexity index is 960. The van der Waals surface area contributed by atoms with Gasteiger partial charge in [0.05, 0.1) is 21.7 Å². The molecule has 3 aromatic rings. The predicted octanol–water partition coefficient (Wildman–Crippen LogP) is 3.29. The van der Waals surface area contributed by atoms with Crippen LogP contribution in [-0.2, 0) is 18.4 Å². The lowest BCUT2D eigenvalue weighted by Crippen LogP contribution is -2.28. The Balaban J connectivity index is 1.91. The largest absolute Gasteiger partial charge is 0.329 e. The molecule has 7 heteroatoms. The fourth-order valence-electron chi connectivity index (χ4n) is 2.44. The molecule has 0 spiro atoms. The molecule has 5 nitrogen and oxygen atoms in total. The highest BCUT2D eigenvalue weighted by Crippen LogP contribution is 2.25. The van der Waals surface area contributed by atoms with E-state index in [1.54, 1.807) is 31.3 Å². The summed E-state index contributed by atoms with van der Waals surface area (Å²) < 4.78 is 2.93. The Morgan fingerprint density at radius 1 is 1.13 bits per heavy atom. The summed E-state index contributed by atoms with van der Waals surface area (Å²) in [7, 11) is 1.67. The van der Waals surface area contributed by atoms with Gasteiger partial charge < -0.3 is 5.32 Å². The summed E-state index contributed by atoms with van der Waals surface area (Å²) >= 11 is 11.9. The number of amides is 1. The summed E-state index contributed by atoms with van der Waals surface area (Å²) in [5.74, 6) is -0.354. The Hall–Kier alpha value is -2.24. The van der Waals surface area contributed by atoms with Gasteiger partial charge in [-0.25, -0.2) is 4.79 Å². The van der Waals surface area contributed by atoms with Crippen LogP contribution >= 0.6 is 23.2 Å². The van der Waals surface area contributed by atoms with Gasteiger partial charge in [-0.05, 0) is 30.3 Å². The molecule has 118 valence electrons. The molecule has 2 aromatic carbocycles. The molecule has 23 heavy (non-hydrogen) atoms. The number of hydrogen-bond donors (Lipinski definition) is 1. The Morgan fingerprint density at radius 2 is 1.83 bits per heavy atom. The first-order valence-corrected chi connectivity index (χ1v) is 7.62. The summed E-state index contributed by atoms with van der Waals surface area (Å²) in [5.41, 5.74) is 1.63. The van der Waals surface area contributed by atoms with E-state index < -0.39 is 0 Å². The monoisotopic (exact) mass is 349 g/mol. The third kappa shape index (κ3) is 2.98. The summed E-state index contributed by atoms with van der Waals surface area (Å²) in [4.78, 5) is 24.6. The Morgan fingerprint density at radius 3 is 2.57 bits per heavy atom. The average Bonchev–Trinajstić information content (AvgIpc) is 2.76. The zero-order valence-corrected chi connectivity index (χ0v) is 13.7. The van der Waals surface area contributed by atoms with Crippen molar-refractivity contribution in [1.29, 1.82) is 0 Å². The number of aryl methyl sites for hydroxylation is 1. The van der Waals surface area contributed by atoms with E-state index in [-0.39, 0.29) is 18.1 Å². The number of rotatable bonds is 3. The van der Waals surface area contributed by atoms with E-state index in [1.807, 2.05) is 18.2 Å². The topological polar surface area (TPSA) is 56.0 Å². The van der Waals surface area contributed by atoms with Crippen LogP contribution in [0.2, 0.25) is 10.0 Å². The van der Waals surface area contributed by atoms with E-state index in [0.29, 0.717) is 21.2 Å². The van der Waals surface area contributed by atoms with Gasteiger partial charge >= 0.3 is 5.69 Å². The number of nitrogens with zero attached hydrogens (tertiary/aromatic N) is 2. The van der Waals surface area contributed by atoms with Gasteiger partial charge in [0.25, 0.3) is 0 Å². The number of benzene rings is 2. The van der Waals surface area contributed by atoms with Gasteiger partial charge in [-0.2, -0.15) is 0 Å². The minimum Gasteiger partial charge on any atom is -0.323 e. The van der Waals surface area contributed by atoms with Gasteiger partial charge in [0.15, 0.2) is 0 Å². The minimum atomic E-state index is -0.354. The van der Waals surface area contributed by atoms with Crippen LogP contribution < -0.4 is 11.0 Å². The van der Waals surface area contributed by atoms with Gasteiger partial charge in [-0.15, -0.1) is 0 Å². The maximum Gasteiger partial charge on any atom is 0.329 e. The molecule has 0 radical (unpaired) electrons. The maximum absolute atomic E-state index is 12.3. The molecule has 0 saturated carbocycles. The number of aromatic nitrogens is 2. The van der Waals surface area contributed by atoms with Crippen LogP contribution in [0.4, 0.5) is 5.69 Å². The first kappa shape index (κ1) is 15.6. The number of hydrogen-bond acceptors (Lipinski definition) is 2. The molecule has 0 bridgehead atoms. The van der Waals surface area contributed by atoms with Crippen molar-refractivity contribution in [2.45, 2.75) is 6.54 Å². The third-order valence-corrected chi connectivity index (χ3v) is 4.12. The van der Waals surface area contributed by atoms with Gasteiger partial charge in [-0.1, -0.05) is 35.3 Å². The molecule has 0 aliphatic carbocycles. The van der Waals surface area contributed by atoms with Gasteiger partial charge in [0, 0.05) is 12.1 Å². The van der Waals surface area contributed by atoms with E-state index >= 15 is 0 Å². The fraction of sp³-hybridized carbons (Fsp3) is 0.125. The summed E-state index contributed by atoms with van der Waals surface area (Å²) in [5, 5.41) is 3.52. The first-order chi connectivity index (χ1) is 11.0. The van der Waals surface area contributed by atoms with Crippen LogP contribution in [0.1, 0.15) is 0 Å². The zero-order chi connectivity index (χ0) is 16.6. The van der Waals surface area contributed by atoms with Crippen molar-refractivity contribution in [2.24, 2.45) is 7.05 Å². The number of nitrogens with one attached hydrogen (secondary N) is 1. The number of para-hydroxylation sites is 2. The van der Waals surface area contributed by atoms with Crippen molar-refractivity contribution in [3.05, 3.63) is 63.0 Å². The highest BCUT2D eigenvalue weighted by Gasteiger charge is 2.14. The summed E-state index contributed by atoms with van der Waals surface area (Å²) in [6.45, 7) is -0.108. The van der Waals surface area contributed by atoms with Crippen LogP contribution in [0.15, 0.2) is 47.3 Å². The molecule has 0 saturated heterocycles. The molecule has 1 aromatic heterocycles. The quantitative estimate of drug-likeness (QED) is 0.788. The molecular formula is C16H13Cl2N3O2. The summed E-state index contributed by atoms with van der Waals surface area (Å²) in [6, 6.07) is 12.1. The molecule has 0 unspecified atom stereocenters. The van der Waals surface area contributed by atoms with Crippen LogP contribution in [0.25, 0.3) is 11.0 Å². The molecule has 3 rings (SSSR count). The van der Waals surface area contributed by atoms with Crippen molar-refractivity contribution in [1.82, 2.24) is 9.13 Å². The number of fused-ring (bicyclic) bond motifs is 1. The van der Waals surface area contributed by atoms with Crippen molar-refractivity contribution in [2.75, 3.05) is 5.32 Å². The van der Waals surface area contributed by atoms with Crippen LogP contribution in [0.3, 0.4) is 0 Å². The third-order valence-electron chi connectivity index (χ3n) is 3.56. The second kappa shape index (κ2) is 6.10. The Labute approximate surface area is 142 Å². The molecular weight excluding hydrogens is 337 g/mol. The van der Waals surface area contributed by atoms with Crippen molar-refractivity contribution in [3.63, 3.8) is 0 Å². The molecule has 1 heterocycles. The standard InChI is InChI=1S/C16H13Cl2N3O2/c1-20-13-4-2-3-5-14(13)21(16(20)23)9-15(22)19-12-8-10(17)6-7-11(12)18/h2-8H,9H2,1H3,(H,19,22). The van der Waals surface area contributed by atoms with E-state index in [2.05, 4.69) is 5.32 Å². The van der Waals surface area contributed by atoms with Crippen LogP contribution in [0, 0.1) is 0 Å². The number of imidazole rings is 1. The molecule has 0 fully saturated rings. The Kier molecular flexibility index (Phi) is 4.15. The second-order valence-corrected chi connectivity index (χ2v) is 5.93. The van der Waals surface area contributed by atoms with E-state index in [9.17, 15) is 9.59 Å². The lowest BCUT2D eigenvalue weighted by atomic mass is 10.3. The summed E-state index contributed by atoms with van der Waals surface area (Å²) in [6.07, 6.45) is 0. The minimum absolute atomic E-state index is 0.108. The molecule has 1 N–H and O–H groups in total. The molecule has 0 atom stereocenters. The zero-order valence-electron chi connectivity index (χ0n) is 12.2. The van der Waals surface area contributed by atoms with Crippen molar-refractivity contribution >= 4 is 45.8 Å². The number of carbonyl (C=O) groups excluding carboxylic acids is 1. The highest BCUT2D eigenvalue weighted by molar-refractivity contribution is 6.35. The van der Waals surface area contributed by atoms with Crippen molar-refractivity contribution < 1.29 is 4.79 Å². The fourth-order valence-corrected chi connectivity index (χ4v) is 2.78. The van der Waals surface area contributed by atoms with Crippen LogP contribution in [-0.4, -0.2) is 15.0 Å². The molecule has 0 aliphatic heterocycles. The lowest BCUT2D eigenvalue weighted by Gasteiger charge is -2.08. The molecule has 0 aliphatic rings. The van der Waals surface area contributed by atoms with E-state index in [1.165, 1.54) is 9.13 Å². The van der Waals surface area contributed by atoms with E-state index in [4.69, 9.17) is 23.2 Å². The van der Waals surface area contributed by atoms with Gasteiger partial charge in [0.1, 0.15) is 6.54 Å². The maximum atomic E-state index is 12.3.